The molecule has 3 aromatic rings. The molecule has 0 unspecified atom stereocenters. The van der Waals surface area contributed by atoms with Crippen LogP contribution in [-0.4, -0.2) is 22.2 Å². The number of para-hydroxylation sites is 2. The van der Waals surface area contributed by atoms with Gasteiger partial charge in [-0.1, -0.05) is 36.4 Å². The molecule has 0 radical (unpaired) electrons. The van der Waals surface area contributed by atoms with Gasteiger partial charge in [0.05, 0.1) is 12.2 Å². The fraction of sp³-hybridized carbons (Fsp3) is 0.158. The van der Waals surface area contributed by atoms with Crippen molar-refractivity contribution < 1.29 is 22.7 Å². The van der Waals surface area contributed by atoms with Gasteiger partial charge in [-0.05, 0) is 29.3 Å². The molecule has 2 amide bonds. The average molecular weight is 390 g/mol. The number of urea groups is 1. The van der Waals surface area contributed by atoms with Crippen molar-refractivity contribution >= 4 is 11.7 Å². The number of alkyl halides is 3. The largest absolute Gasteiger partial charge is 0.573 e. The number of hydrogen-bond acceptors (Lipinski definition) is 3. The van der Waals surface area contributed by atoms with Gasteiger partial charge >= 0.3 is 12.4 Å². The third-order valence-electron chi connectivity index (χ3n) is 3.81. The fourth-order valence-corrected chi connectivity index (χ4v) is 2.58. The molecule has 6 nitrogen and oxygen atoms in total. The molecule has 3 rings (SSSR count). The molecule has 28 heavy (non-hydrogen) atoms. The highest BCUT2D eigenvalue weighted by molar-refractivity contribution is 5.90. The molecule has 0 aliphatic carbocycles. The summed E-state index contributed by atoms with van der Waals surface area (Å²) in [6, 6.07) is 14.0. The standard InChI is InChI=1S/C19H17F3N4O2/c20-19(21,22)28-17-9-4-3-8-16(17)25-18(27)23-12-14-6-1-2-7-15(14)13-26-11-5-10-24-26/h1-11H,12-13H2,(H2,23,25,27). The van der Waals surface area contributed by atoms with Gasteiger partial charge in [-0.2, -0.15) is 5.10 Å². The van der Waals surface area contributed by atoms with Crippen LogP contribution in [0.25, 0.3) is 0 Å². The van der Waals surface area contributed by atoms with Crippen LogP contribution >= 0.6 is 0 Å². The second kappa shape index (κ2) is 8.47. The smallest absolute Gasteiger partial charge is 0.404 e. The van der Waals surface area contributed by atoms with Gasteiger partial charge in [0.1, 0.15) is 0 Å². The summed E-state index contributed by atoms with van der Waals surface area (Å²) in [4.78, 5) is 12.2. The van der Waals surface area contributed by atoms with Crippen LogP contribution in [0.5, 0.6) is 5.75 Å². The van der Waals surface area contributed by atoms with Crippen LogP contribution in [0, 0.1) is 0 Å². The quantitative estimate of drug-likeness (QED) is 0.664. The van der Waals surface area contributed by atoms with Gasteiger partial charge in [0.25, 0.3) is 0 Å². The Morgan fingerprint density at radius 1 is 1.04 bits per heavy atom. The molecule has 0 saturated carbocycles. The van der Waals surface area contributed by atoms with Crippen LogP contribution in [-0.2, 0) is 13.1 Å². The van der Waals surface area contributed by atoms with E-state index in [0.29, 0.717) is 6.54 Å². The number of carbonyl (C=O) groups excluding carboxylic acids is 1. The Bertz CT molecular complexity index is 927. The van der Waals surface area contributed by atoms with E-state index in [1.54, 1.807) is 10.9 Å². The first-order valence-electron chi connectivity index (χ1n) is 8.34. The maximum Gasteiger partial charge on any atom is 0.573 e. The van der Waals surface area contributed by atoms with Crippen molar-refractivity contribution in [1.29, 1.82) is 0 Å². The van der Waals surface area contributed by atoms with Crippen LogP contribution in [0.3, 0.4) is 0 Å². The third-order valence-corrected chi connectivity index (χ3v) is 3.81. The molecule has 0 bridgehead atoms. The molecule has 0 saturated heterocycles. The highest BCUT2D eigenvalue weighted by Gasteiger charge is 2.32. The topological polar surface area (TPSA) is 68.2 Å². The third kappa shape index (κ3) is 5.50. The molecule has 146 valence electrons. The number of carbonyl (C=O) groups is 1. The van der Waals surface area contributed by atoms with Crippen LogP contribution in [0.2, 0.25) is 0 Å². The number of nitrogens with zero attached hydrogens (tertiary/aromatic N) is 2. The molecular weight excluding hydrogens is 373 g/mol. The highest BCUT2D eigenvalue weighted by atomic mass is 19.4. The number of amides is 2. The van der Waals surface area contributed by atoms with Gasteiger partial charge in [-0.3, -0.25) is 4.68 Å². The van der Waals surface area contributed by atoms with Gasteiger partial charge in [-0.15, -0.1) is 13.2 Å². The Labute approximate surface area is 158 Å². The number of anilines is 1. The van der Waals surface area contributed by atoms with E-state index in [0.717, 1.165) is 17.2 Å². The number of nitrogens with one attached hydrogen (secondary N) is 2. The number of ether oxygens (including phenoxy) is 1. The van der Waals surface area contributed by atoms with Crippen molar-refractivity contribution in [2.24, 2.45) is 0 Å². The maximum absolute atomic E-state index is 12.5. The first-order valence-corrected chi connectivity index (χ1v) is 8.34. The summed E-state index contributed by atoms with van der Waals surface area (Å²) < 4.78 is 43.1. The minimum atomic E-state index is -4.85. The molecule has 1 heterocycles. The summed E-state index contributed by atoms with van der Waals surface area (Å²) >= 11 is 0. The fourth-order valence-electron chi connectivity index (χ4n) is 2.58. The first kappa shape index (κ1) is 19.3. The molecule has 0 spiro atoms. The van der Waals surface area contributed by atoms with E-state index in [4.69, 9.17) is 0 Å². The van der Waals surface area contributed by atoms with Crippen molar-refractivity contribution in [3.05, 3.63) is 78.1 Å². The minimum Gasteiger partial charge on any atom is -0.404 e. The maximum atomic E-state index is 12.5. The average Bonchev–Trinajstić information content (AvgIpc) is 3.14. The summed E-state index contributed by atoms with van der Waals surface area (Å²) in [5.41, 5.74) is 1.75. The lowest BCUT2D eigenvalue weighted by atomic mass is 10.1. The van der Waals surface area contributed by atoms with Crippen molar-refractivity contribution in [3.8, 4) is 5.75 Å². The van der Waals surface area contributed by atoms with Crippen LogP contribution in [0.4, 0.5) is 23.7 Å². The Hall–Kier alpha value is -3.49. The van der Waals surface area contributed by atoms with Gasteiger partial charge in [0.15, 0.2) is 5.75 Å². The highest BCUT2D eigenvalue weighted by Crippen LogP contribution is 2.29. The number of rotatable bonds is 6. The Kier molecular flexibility index (Phi) is 5.83. The molecule has 0 atom stereocenters. The van der Waals surface area contributed by atoms with E-state index in [-0.39, 0.29) is 12.2 Å². The molecule has 9 heteroatoms. The normalized spacial score (nSPS) is 11.1. The van der Waals surface area contributed by atoms with Gasteiger partial charge < -0.3 is 15.4 Å². The molecule has 0 aliphatic rings. The van der Waals surface area contributed by atoms with E-state index >= 15 is 0 Å². The lowest BCUT2D eigenvalue weighted by molar-refractivity contribution is -0.274. The van der Waals surface area contributed by atoms with Gasteiger partial charge in [0, 0.05) is 18.9 Å². The van der Waals surface area contributed by atoms with Gasteiger partial charge in [-0.25, -0.2) is 4.79 Å². The Balaban J connectivity index is 1.63. The number of hydrogen-bond donors (Lipinski definition) is 2. The number of aromatic nitrogens is 2. The van der Waals surface area contributed by atoms with E-state index in [9.17, 15) is 18.0 Å². The van der Waals surface area contributed by atoms with Gasteiger partial charge in [0.2, 0.25) is 0 Å². The van der Waals surface area contributed by atoms with Crippen molar-refractivity contribution in [2.75, 3.05) is 5.32 Å². The van der Waals surface area contributed by atoms with Crippen LogP contribution in [0.1, 0.15) is 11.1 Å². The van der Waals surface area contributed by atoms with Crippen LogP contribution in [0.15, 0.2) is 67.0 Å². The molecule has 1 aromatic heterocycles. The molecule has 0 aliphatic heterocycles. The Morgan fingerprint density at radius 2 is 1.75 bits per heavy atom. The van der Waals surface area contributed by atoms with E-state index < -0.39 is 18.1 Å². The molecule has 0 fully saturated rings. The lowest BCUT2D eigenvalue weighted by Gasteiger charge is -2.15. The summed E-state index contributed by atoms with van der Waals surface area (Å²) in [5.74, 6) is -0.482. The monoisotopic (exact) mass is 390 g/mol. The SMILES string of the molecule is O=C(NCc1ccccc1Cn1cccn1)Nc1ccccc1OC(F)(F)F. The summed E-state index contributed by atoms with van der Waals surface area (Å²) in [6.07, 6.45) is -1.34. The summed E-state index contributed by atoms with van der Waals surface area (Å²) in [5, 5.41) is 9.17. The first-order chi connectivity index (χ1) is 13.4. The van der Waals surface area contributed by atoms with Crippen LogP contribution < -0.4 is 15.4 Å². The minimum absolute atomic E-state index is 0.0813. The Morgan fingerprint density at radius 3 is 2.46 bits per heavy atom. The second-order valence-electron chi connectivity index (χ2n) is 5.82. The zero-order chi connectivity index (χ0) is 20.0. The van der Waals surface area contributed by atoms with Crippen molar-refractivity contribution in [3.63, 3.8) is 0 Å². The summed E-state index contributed by atoms with van der Waals surface area (Å²) in [6.45, 7) is 0.736. The number of benzene rings is 2. The van der Waals surface area contributed by atoms with Crippen molar-refractivity contribution in [1.82, 2.24) is 15.1 Å². The second-order valence-corrected chi connectivity index (χ2v) is 5.82. The zero-order valence-electron chi connectivity index (χ0n) is 14.6. The predicted octanol–water partition coefficient (Wildman–Crippen LogP) is 4.15. The van der Waals surface area contributed by atoms with E-state index in [1.165, 1.54) is 18.2 Å². The lowest BCUT2D eigenvalue weighted by Crippen LogP contribution is -2.29. The molecular formula is C19H17F3N4O2. The number of halogens is 3. The van der Waals surface area contributed by atoms with E-state index in [1.807, 2.05) is 36.5 Å². The van der Waals surface area contributed by atoms with Crippen molar-refractivity contribution in [2.45, 2.75) is 19.5 Å². The predicted molar refractivity (Wildman–Crippen MR) is 96.8 cm³/mol. The molecule has 2 N–H and O–H groups in total. The van der Waals surface area contributed by atoms with E-state index in [2.05, 4.69) is 20.5 Å². The zero-order valence-corrected chi connectivity index (χ0v) is 14.6. The summed E-state index contributed by atoms with van der Waals surface area (Å²) in [7, 11) is 0. The molecule has 2 aromatic carbocycles.